The lowest BCUT2D eigenvalue weighted by molar-refractivity contribution is -0.149. The fraction of sp³-hybridized carbons (Fsp3) is 0.705. The Bertz CT molecular complexity index is 1480. The number of carbonyl (C=O) groups is 4. The number of nitrogens with zero attached hydrogens (tertiary/aromatic N) is 4. The number of carbonyl (C=O) groups excluding carboxylic acids is 4. The second-order valence-corrected chi connectivity index (χ2v) is 17.6. The minimum atomic E-state index is -0.566. The number of hydrogen-bond donors (Lipinski definition) is 0. The molecular weight excluding hydrogens is 713 g/mol. The van der Waals surface area contributed by atoms with E-state index in [1.165, 1.54) is 0 Å². The van der Waals surface area contributed by atoms with E-state index in [0.717, 1.165) is 29.8 Å². The number of thiazole rings is 1. The van der Waals surface area contributed by atoms with Gasteiger partial charge in [0.1, 0.15) is 5.78 Å². The molecule has 10 nitrogen and oxygen atoms in total. The third kappa shape index (κ3) is 12.3. The first-order chi connectivity index (χ1) is 26.1. The van der Waals surface area contributed by atoms with Gasteiger partial charge in [-0.3, -0.25) is 24.1 Å². The summed E-state index contributed by atoms with van der Waals surface area (Å²) in [5, 5.41) is 2.90. The van der Waals surface area contributed by atoms with Crippen LogP contribution in [0.1, 0.15) is 103 Å². The number of amides is 2. The number of rotatable bonds is 23. The Morgan fingerprint density at radius 2 is 1.58 bits per heavy atom. The largest absolute Gasteiger partial charge is 0.379 e. The van der Waals surface area contributed by atoms with Crippen molar-refractivity contribution >= 4 is 34.7 Å². The smallest absolute Gasteiger partial charge is 0.226 e. The van der Waals surface area contributed by atoms with Crippen molar-refractivity contribution < 1.29 is 28.7 Å². The lowest BCUT2D eigenvalue weighted by Crippen LogP contribution is -2.54. The first-order valence-corrected chi connectivity index (χ1v) is 21.2. The van der Waals surface area contributed by atoms with Gasteiger partial charge in [-0.25, -0.2) is 4.98 Å². The Morgan fingerprint density at radius 3 is 2.11 bits per heavy atom. The van der Waals surface area contributed by atoms with Crippen LogP contribution in [0.15, 0.2) is 41.9 Å². The molecule has 3 rings (SSSR count). The topological polar surface area (TPSA) is 109 Å². The van der Waals surface area contributed by atoms with Crippen LogP contribution in [0.25, 0.3) is 0 Å². The van der Waals surface area contributed by atoms with Crippen molar-refractivity contribution in [3.05, 3.63) is 52.5 Å². The van der Waals surface area contributed by atoms with Gasteiger partial charge >= 0.3 is 0 Å². The first-order valence-electron chi connectivity index (χ1n) is 20.3. The molecule has 0 spiro atoms. The minimum absolute atomic E-state index is 0.0285. The zero-order valence-corrected chi connectivity index (χ0v) is 36.5. The van der Waals surface area contributed by atoms with Crippen LogP contribution in [-0.2, 0) is 35.1 Å². The van der Waals surface area contributed by atoms with Crippen LogP contribution in [0.5, 0.6) is 0 Å². The summed E-state index contributed by atoms with van der Waals surface area (Å²) in [7, 11) is 8.85. The number of hydrogen-bond acceptors (Lipinski definition) is 9. The van der Waals surface area contributed by atoms with E-state index in [1.54, 1.807) is 43.7 Å². The van der Waals surface area contributed by atoms with Crippen LogP contribution in [-0.4, -0.2) is 115 Å². The van der Waals surface area contributed by atoms with E-state index in [1.807, 2.05) is 82.1 Å². The highest BCUT2D eigenvalue weighted by Gasteiger charge is 2.43. The molecule has 9 atom stereocenters. The fourth-order valence-corrected chi connectivity index (χ4v) is 9.56. The van der Waals surface area contributed by atoms with Gasteiger partial charge in [-0.2, -0.15) is 0 Å². The van der Waals surface area contributed by atoms with Crippen molar-refractivity contribution in [1.29, 1.82) is 0 Å². The molecule has 1 aliphatic heterocycles. The number of likely N-dealkylation sites (tertiary alicyclic amines) is 1. The molecule has 1 aromatic carbocycles. The van der Waals surface area contributed by atoms with Crippen LogP contribution in [0.3, 0.4) is 0 Å². The van der Waals surface area contributed by atoms with Crippen molar-refractivity contribution in [1.82, 2.24) is 19.7 Å². The second-order valence-electron chi connectivity index (χ2n) is 16.7. The number of ketones is 2. The molecular formula is C44H70N4O6S. The SMILES string of the molecule is CC[C@H](C)[C@@H]([C@@H](CC(=O)N1CCC[C@H]1[C@H](OC)[C@@H](C)C(=O)C[C@@H](Cc1ccccc1)c1nccs1)OC)N(C)C(=O)[C@@H](CC(=O)[C@H](C(C)C)N(C)C)C(C)C. The predicted molar refractivity (Wildman–Crippen MR) is 221 cm³/mol. The summed E-state index contributed by atoms with van der Waals surface area (Å²) in [5.41, 5.74) is 1.16. The molecule has 2 aromatic rings. The Balaban J connectivity index is 1.79. The van der Waals surface area contributed by atoms with Crippen LogP contribution in [0, 0.1) is 29.6 Å². The standard InChI is InChI=1S/C44H70N4O6S/c1-13-30(6)41(47(10)44(52)34(28(2)3)26-37(50)40(29(4)5)46(8)9)38(53-11)27-39(51)48-22-17-20-35(48)42(54-12)31(7)36(49)25-33(43-45-21-23-55-43)24-32-18-15-14-16-19-32/h14-16,18-19,21,23,28-31,33-35,38,40-42H,13,17,20,22,24-27H2,1-12H3/t30-,31-,33+,34-,35-,38+,40-,41-,42+/m0/s1. The monoisotopic (exact) mass is 783 g/mol. The molecule has 1 fully saturated rings. The molecule has 0 saturated carbocycles. The summed E-state index contributed by atoms with van der Waals surface area (Å²) in [4.78, 5) is 66.4. The van der Waals surface area contributed by atoms with Gasteiger partial charge in [-0.1, -0.05) is 85.2 Å². The zero-order valence-electron chi connectivity index (χ0n) is 35.7. The van der Waals surface area contributed by atoms with Gasteiger partial charge in [0.15, 0.2) is 5.78 Å². The summed E-state index contributed by atoms with van der Waals surface area (Å²) < 4.78 is 12.2. The second kappa shape index (κ2) is 22.1. The number of aromatic nitrogens is 1. The summed E-state index contributed by atoms with van der Waals surface area (Å²) in [6.07, 6.45) is 4.38. The van der Waals surface area contributed by atoms with E-state index >= 15 is 0 Å². The summed E-state index contributed by atoms with van der Waals surface area (Å²) in [6, 6.07) is 9.27. The highest BCUT2D eigenvalue weighted by molar-refractivity contribution is 7.09. The molecule has 2 amide bonds. The lowest BCUT2D eigenvalue weighted by Gasteiger charge is -2.41. The van der Waals surface area contributed by atoms with E-state index in [0.29, 0.717) is 19.4 Å². The third-order valence-electron chi connectivity index (χ3n) is 12.0. The minimum Gasteiger partial charge on any atom is -0.379 e. The van der Waals surface area contributed by atoms with Crippen LogP contribution < -0.4 is 0 Å². The highest BCUT2D eigenvalue weighted by Crippen LogP contribution is 2.33. The number of benzene rings is 1. The number of methoxy groups -OCH3 is 2. The Morgan fingerprint density at radius 1 is 0.909 bits per heavy atom. The average Bonchev–Trinajstić information content (AvgIpc) is 3.87. The molecule has 0 N–H and O–H groups in total. The van der Waals surface area contributed by atoms with Gasteiger partial charge in [-0.15, -0.1) is 11.3 Å². The van der Waals surface area contributed by atoms with E-state index in [9.17, 15) is 19.2 Å². The summed E-state index contributed by atoms with van der Waals surface area (Å²) >= 11 is 1.57. The average molecular weight is 783 g/mol. The van der Waals surface area contributed by atoms with Crippen molar-refractivity contribution in [2.45, 2.75) is 130 Å². The van der Waals surface area contributed by atoms with Gasteiger partial charge < -0.3 is 19.3 Å². The zero-order chi connectivity index (χ0) is 41.0. The van der Waals surface area contributed by atoms with Gasteiger partial charge in [0, 0.05) is 70.0 Å². The molecule has 1 saturated heterocycles. The van der Waals surface area contributed by atoms with Crippen LogP contribution in [0.2, 0.25) is 0 Å². The van der Waals surface area contributed by atoms with Crippen molar-refractivity contribution in [2.24, 2.45) is 29.6 Å². The molecule has 0 bridgehead atoms. The van der Waals surface area contributed by atoms with Crippen LogP contribution >= 0.6 is 11.3 Å². The molecule has 0 unspecified atom stereocenters. The van der Waals surface area contributed by atoms with E-state index in [-0.39, 0.29) is 78.0 Å². The normalized spacial score (nSPS) is 19.2. The molecule has 55 heavy (non-hydrogen) atoms. The quantitative estimate of drug-likeness (QED) is 0.117. The van der Waals surface area contributed by atoms with Gasteiger partial charge in [0.2, 0.25) is 11.8 Å². The van der Waals surface area contributed by atoms with E-state index in [4.69, 9.17) is 9.47 Å². The molecule has 1 aromatic heterocycles. The lowest BCUT2D eigenvalue weighted by atomic mass is 9.83. The van der Waals surface area contributed by atoms with E-state index in [2.05, 4.69) is 31.0 Å². The molecule has 1 aliphatic rings. The first kappa shape index (κ1) is 46.4. The maximum atomic E-state index is 14.3. The summed E-state index contributed by atoms with van der Waals surface area (Å²) in [6.45, 7) is 14.7. The Kier molecular flexibility index (Phi) is 18.6. The van der Waals surface area contributed by atoms with Gasteiger partial charge in [0.25, 0.3) is 0 Å². The number of Topliss-reactive ketones (excluding diaryl/α,β-unsaturated/α-hetero) is 2. The number of ether oxygens (including phenoxy) is 2. The maximum absolute atomic E-state index is 14.3. The molecule has 0 radical (unpaired) electrons. The van der Waals surface area contributed by atoms with Gasteiger partial charge in [-0.05, 0) is 56.7 Å². The summed E-state index contributed by atoms with van der Waals surface area (Å²) in [5.74, 6) is -0.893. The molecule has 11 heteroatoms. The molecule has 2 heterocycles. The van der Waals surface area contributed by atoms with Gasteiger partial charge in [0.05, 0.1) is 41.8 Å². The molecule has 308 valence electrons. The number of likely N-dealkylation sites (N-methyl/N-ethyl adjacent to an activating group) is 2. The maximum Gasteiger partial charge on any atom is 0.226 e. The Hall–Kier alpha value is -2.99. The highest BCUT2D eigenvalue weighted by atomic mass is 32.1. The predicted octanol–water partition coefficient (Wildman–Crippen LogP) is 7.17. The fourth-order valence-electron chi connectivity index (χ4n) is 8.81. The van der Waals surface area contributed by atoms with Crippen molar-refractivity contribution in [2.75, 3.05) is 41.9 Å². The molecule has 0 aliphatic carbocycles. The third-order valence-corrected chi connectivity index (χ3v) is 12.9. The van der Waals surface area contributed by atoms with Crippen molar-refractivity contribution in [3.63, 3.8) is 0 Å². The van der Waals surface area contributed by atoms with E-state index < -0.39 is 24.0 Å². The van der Waals surface area contributed by atoms with Crippen molar-refractivity contribution in [3.8, 4) is 0 Å². The Labute approximate surface area is 335 Å². The van der Waals surface area contributed by atoms with Crippen LogP contribution in [0.4, 0.5) is 0 Å².